The number of benzene rings is 1. The average Bonchev–Trinajstić information content (AvgIpc) is 2.89. The second-order valence-electron chi connectivity index (χ2n) is 4.66. The monoisotopic (exact) mass is 258 g/mol. The molecule has 3 heteroatoms. The molecule has 2 heterocycles. The van der Waals surface area contributed by atoms with Gasteiger partial charge in [-0.15, -0.1) is 0 Å². The molecule has 1 aromatic heterocycles. The Kier molecular flexibility index (Phi) is 3.20. The Hall–Kier alpha value is -1.54. The van der Waals surface area contributed by atoms with E-state index in [0.717, 1.165) is 18.9 Å². The van der Waals surface area contributed by atoms with Crippen LogP contribution in [0.25, 0.3) is 0 Å². The standard InChI is InChI=1S/C15H15ClN2/c16-14-7-4-8-15(17-14)18-10-9-13(11-18)12-5-2-1-3-6-12/h1-8,13H,9-11H2. The highest BCUT2D eigenvalue weighted by Crippen LogP contribution is 2.30. The minimum Gasteiger partial charge on any atom is -0.356 e. The third-order valence-corrected chi connectivity index (χ3v) is 3.69. The van der Waals surface area contributed by atoms with E-state index >= 15 is 0 Å². The summed E-state index contributed by atoms with van der Waals surface area (Å²) in [5.74, 6) is 1.59. The van der Waals surface area contributed by atoms with Crippen LogP contribution in [-0.4, -0.2) is 18.1 Å². The molecule has 0 aliphatic carbocycles. The molecular formula is C15H15ClN2. The summed E-state index contributed by atoms with van der Waals surface area (Å²) in [5.41, 5.74) is 1.42. The van der Waals surface area contributed by atoms with Gasteiger partial charge in [-0.2, -0.15) is 0 Å². The van der Waals surface area contributed by atoms with Gasteiger partial charge < -0.3 is 4.90 Å². The van der Waals surface area contributed by atoms with Gasteiger partial charge in [-0.05, 0) is 24.1 Å². The van der Waals surface area contributed by atoms with Crippen molar-refractivity contribution in [2.24, 2.45) is 0 Å². The Morgan fingerprint density at radius 1 is 1.06 bits per heavy atom. The van der Waals surface area contributed by atoms with Crippen molar-refractivity contribution in [3.63, 3.8) is 0 Å². The number of nitrogens with zero attached hydrogens (tertiary/aromatic N) is 2. The van der Waals surface area contributed by atoms with Crippen molar-refractivity contribution in [1.29, 1.82) is 0 Å². The van der Waals surface area contributed by atoms with Crippen molar-refractivity contribution in [3.05, 3.63) is 59.2 Å². The molecule has 0 N–H and O–H groups in total. The third-order valence-electron chi connectivity index (χ3n) is 3.48. The first-order chi connectivity index (χ1) is 8.83. The van der Waals surface area contributed by atoms with Crippen LogP contribution in [-0.2, 0) is 0 Å². The van der Waals surface area contributed by atoms with Gasteiger partial charge >= 0.3 is 0 Å². The molecule has 0 amide bonds. The van der Waals surface area contributed by atoms with E-state index in [0.29, 0.717) is 11.1 Å². The largest absolute Gasteiger partial charge is 0.356 e. The lowest BCUT2D eigenvalue weighted by molar-refractivity contribution is 0.774. The molecule has 1 aromatic carbocycles. The molecule has 3 rings (SSSR count). The number of halogens is 1. The molecule has 0 radical (unpaired) electrons. The number of hydrogen-bond acceptors (Lipinski definition) is 2. The highest BCUT2D eigenvalue weighted by molar-refractivity contribution is 6.29. The number of aromatic nitrogens is 1. The lowest BCUT2D eigenvalue weighted by Crippen LogP contribution is -2.20. The van der Waals surface area contributed by atoms with Gasteiger partial charge in [-0.3, -0.25) is 0 Å². The van der Waals surface area contributed by atoms with Gasteiger partial charge in [0.05, 0.1) is 0 Å². The molecular weight excluding hydrogens is 244 g/mol. The van der Waals surface area contributed by atoms with Crippen molar-refractivity contribution >= 4 is 17.4 Å². The molecule has 2 aromatic rings. The Bertz CT molecular complexity index is 527. The fraction of sp³-hybridized carbons (Fsp3) is 0.267. The summed E-state index contributed by atoms with van der Waals surface area (Å²) in [6.07, 6.45) is 1.18. The van der Waals surface area contributed by atoms with Crippen LogP contribution in [0.3, 0.4) is 0 Å². The van der Waals surface area contributed by atoms with Crippen LogP contribution in [0.5, 0.6) is 0 Å². The number of anilines is 1. The highest BCUT2D eigenvalue weighted by Gasteiger charge is 2.24. The van der Waals surface area contributed by atoms with Gasteiger partial charge in [0.2, 0.25) is 0 Å². The van der Waals surface area contributed by atoms with Crippen molar-refractivity contribution in [1.82, 2.24) is 4.98 Å². The second kappa shape index (κ2) is 4.99. The van der Waals surface area contributed by atoms with Crippen LogP contribution in [0.15, 0.2) is 48.5 Å². The van der Waals surface area contributed by atoms with Crippen LogP contribution in [0.4, 0.5) is 5.82 Å². The molecule has 18 heavy (non-hydrogen) atoms. The van der Waals surface area contributed by atoms with E-state index in [1.807, 2.05) is 18.2 Å². The predicted molar refractivity (Wildman–Crippen MR) is 75.3 cm³/mol. The van der Waals surface area contributed by atoms with Crippen LogP contribution < -0.4 is 4.90 Å². The van der Waals surface area contributed by atoms with Crippen molar-refractivity contribution in [2.45, 2.75) is 12.3 Å². The molecule has 1 fully saturated rings. The zero-order valence-corrected chi connectivity index (χ0v) is 10.8. The molecule has 1 unspecified atom stereocenters. The molecule has 1 aliphatic heterocycles. The Labute approximate surface area is 112 Å². The molecule has 2 nitrogen and oxygen atoms in total. The lowest BCUT2D eigenvalue weighted by Gasteiger charge is -2.17. The van der Waals surface area contributed by atoms with Crippen LogP contribution in [0, 0.1) is 0 Å². The summed E-state index contributed by atoms with van der Waals surface area (Å²) < 4.78 is 0. The fourth-order valence-electron chi connectivity index (χ4n) is 2.54. The second-order valence-corrected chi connectivity index (χ2v) is 5.05. The van der Waals surface area contributed by atoms with E-state index in [9.17, 15) is 0 Å². The van der Waals surface area contributed by atoms with Gasteiger partial charge in [-0.25, -0.2) is 4.98 Å². The third kappa shape index (κ3) is 2.34. The van der Waals surface area contributed by atoms with Crippen LogP contribution in [0.2, 0.25) is 5.15 Å². The molecule has 0 saturated carbocycles. The summed E-state index contributed by atoms with van der Waals surface area (Å²) >= 11 is 5.94. The lowest BCUT2D eigenvalue weighted by atomic mass is 9.99. The van der Waals surface area contributed by atoms with Crippen LogP contribution in [0.1, 0.15) is 17.9 Å². The quantitative estimate of drug-likeness (QED) is 0.763. The van der Waals surface area contributed by atoms with Gasteiger partial charge in [0.15, 0.2) is 0 Å². The Balaban J connectivity index is 1.76. The summed E-state index contributed by atoms with van der Waals surface area (Å²) in [5, 5.41) is 0.565. The summed E-state index contributed by atoms with van der Waals surface area (Å²) in [4.78, 5) is 6.68. The van der Waals surface area contributed by atoms with Gasteiger partial charge in [-0.1, -0.05) is 48.0 Å². The smallest absolute Gasteiger partial charge is 0.131 e. The van der Waals surface area contributed by atoms with Crippen LogP contribution >= 0.6 is 11.6 Å². The maximum absolute atomic E-state index is 5.94. The molecule has 92 valence electrons. The first-order valence-electron chi connectivity index (χ1n) is 6.25. The molecule has 0 bridgehead atoms. The average molecular weight is 259 g/mol. The number of hydrogen-bond donors (Lipinski definition) is 0. The number of rotatable bonds is 2. The Morgan fingerprint density at radius 3 is 2.67 bits per heavy atom. The van der Waals surface area contributed by atoms with Gasteiger partial charge in [0, 0.05) is 19.0 Å². The van der Waals surface area contributed by atoms with E-state index in [-0.39, 0.29) is 0 Å². The summed E-state index contributed by atoms with van der Waals surface area (Å²) in [7, 11) is 0. The topological polar surface area (TPSA) is 16.1 Å². The fourth-order valence-corrected chi connectivity index (χ4v) is 2.70. The minimum atomic E-state index is 0.565. The minimum absolute atomic E-state index is 0.565. The van der Waals surface area contributed by atoms with Gasteiger partial charge in [0.25, 0.3) is 0 Å². The predicted octanol–water partition coefficient (Wildman–Crippen LogP) is 3.73. The van der Waals surface area contributed by atoms with E-state index in [1.54, 1.807) is 0 Å². The highest BCUT2D eigenvalue weighted by atomic mass is 35.5. The molecule has 1 saturated heterocycles. The van der Waals surface area contributed by atoms with Crippen molar-refractivity contribution in [2.75, 3.05) is 18.0 Å². The first kappa shape index (κ1) is 11.5. The van der Waals surface area contributed by atoms with E-state index < -0.39 is 0 Å². The van der Waals surface area contributed by atoms with Crippen molar-refractivity contribution in [3.8, 4) is 0 Å². The van der Waals surface area contributed by atoms with Crippen molar-refractivity contribution < 1.29 is 0 Å². The molecule has 1 aliphatic rings. The maximum atomic E-state index is 5.94. The zero-order valence-electron chi connectivity index (χ0n) is 10.1. The van der Waals surface area contributed by atoms with E-state index in [2.05, 4.69) is 40.2 Å². The molecule has 0 spiro atoms. The van der Waals surface area contributed by atoms with E-state index in [1.165, 1.54) is 12.0 Å². The molecule has 1 atom stereocenters. The normalized spacial score (nSPS) is 19.2. The maximum Gasteiger partial charge on any atom is 0.131 e. The number of pyridine rings is 1. The first-order valence-corrected chi connectivity index (χ1v) is 6.63. The zero-order chi connectivity index (χ0) is 12.4. The SMILES string of the molecule is Clc1cccc(N2CCC(c3ccccc3)C2)n1. The summed E-state index contributed by atoms with van der Waals surface area (Å²) in [6.45, 7) is 2.07. The summed E-state index contributed by atoms with van der Waals surface area (Å²) in [6, 6.07) is 16.5. The van der Waals surface area contributed by atoms with Gasteiger partial charge in [0.1, 0.15) is 11.0 Å². The van der Waals surface area contributed by atoms with E-state index in [4.69, 9.17) is 11.6 Å². The Morgan fingerprint density at radius 2 is 1.89 bits per heavy atom.